The van der Waals surface area contributed by atoms with Gasteiger partial charge in [0.1, 0.15) is 16.9 Å². The average Bonchev–Trinajstić information content (AvgIpc) is 3.32. The van der Waals surface area contributed by atoms with Gasteiger partial charge in [0, 0.05) is 18.0 Å². The summed E-state index contributed by atoms with van der Waals surface area (Å²) in [6.07, 6.45) is 1.93. The predicted molar refractivity (Wildman–Crippen MR) is 170 cm³/mol. The Kier molecular flexibility index (Phi) is 10.3. The first kappa shape index (κ1) is 32.6. The van der Waals surface area contributed by atoms with Crippen LogP contribution in [-0.4, -0.2) is 58.6 Å². The molecule has 4 rings (SSSR count). The van der Waals surface area contributed by atoms with Crippen molar-refractivity contribution in [1.82, 2.24) is 24.6 Å². The summed E-state index contributed by atoms with van der Waals surface area (Å²) in [6.45, 7) is 9.91. The lowest BCUT2D eigenvalue weighted by Crippen LogP contribution is -2.32. The summed E-state index contributed by atoms with van der Waals surface area (Å²) < 4.78 is 25.2. The number of likely N-dealkylation sites (N-methyl/N-ethyl adjacent to an activating group) is 1. The van der Waals surface area contributed by atoms with E-state index in [1.807, 2.05) is 44.7 Å². The van der Waals surface area contributed by atoms with Gasteiger partial charge in [-0.25, -0.2) is 23.2 Å². The van der Waals surface area contributed by atoms with Crippen molar-refractivity contribution in [3.63, 3.8) is 0 Å². The number of hydrogen-bond donors (Lipinski definition) is 3. The van der Waals surface area contributed by atoms with Crippen molar-refractivity contribution in [2.24, 2.45) is 5.14 Å². The molecule has 230 valence electrons. The second kappa shape index (κ2) is 13.6. The number of benzene rings is 2. The molecule has 0 aliphatic rings. The van der Waals surface area contributed by atoms with E-state index in [1.54, 1.807) is 12.1 Å². The predicted octanol–water partition coefficient (Wildman–Crippen LogP) is 4.84. The molecule has 1 atom stereocenters. The fraction of sp³-hybridized carbons (Fsp3) is 0.379. The molecule has 0 aliphatic heterocycles. The van der Waals surface area contributed by atoms with Gasteiger partial charge in [-0.3, -0.25) is 14.5 Å². The number of halogens is 2. The van der Waals surface area contributed by atoms with Crippen LogP contribution in [0.4, 0.5) is 5.69 Å². The number of carbonyl (C=O) groups is 1. The largest absolute Gasteiger partial charge is 0.325 e. The monoisotopic (exact) mass is 647 g/mol. The Hall–Kier alpha value is -3.29. The molecule has 0 fully saturated rings. The number of H-pyrrole nitrogens is 1. The molecule has 11 nitrogen and oxygen atoms in total. The van der Waals surface area contributed by atoms with E-state index >= 15 is 0 Å². The van der Waals surface area contributed by atoms with Crippen LogP contribution in [-0.2, 0) is 21.2 Å². The van der Waals surface area contributed by atoms with Crippen LogP contribution < -0.4 is 16.0 Å². The molecule has 4 N–H and O–H groups in total. The van der Waals surface area contributed by atoms with Crippen LogP contribution in [0.1, 0.15) is 63.5 Å². The Morgan fingerprint density at radius 3 is 2.30 bits per heavy atom. The standard InChI is InChI=1S/C29H35Cl2N7O4S/c1-5-8-17(4)26-25-28(38(36-26)27-21(30)14-20(15-22(27)31)43(32,41)42)34-23(35-29(25)40)13-18-9-11-19(12-10-18)33-24(39)16-37(6-2)7-3/h9-12,14-15,17H,5-8,13,16H2,1-4H3,(H,33,39)(H2,32,41,42)(H,34,35,40). The van der Waals surface area contributed by atoms with Crippen LogP contribution in [0.5, 0.6) is 0 Å². The number of hydrogen-bond acceptors (Lipinski definition) is 7. The number of primary sulfonamides is 1. The van der Waals surface area contributed by atoms with Crippen LogP contribution in [0, 0.1) is 0 Å². The van der Waals surface area contributed by atoms with Crippen LogP contribution >= 0.6 is 23.2 Å². The minimum Gasteiger partial charge on any atom is -0.325 e. The van der Waals surface area contributed by atoms with Crippen molar-refractivity contribution in [3.8, 4) is 5.69 Å². The summed E-state index contributed by atoms with van der Waals surface area (Å²) in [6, 6.07) is 9.68. The van der Waals surface area contributed by atoms with Gasteiger partial charge in [0.15, 0.2) is 5.65 Å². The number of fused-ring (bicyclic) bond motifs is 1. The molecule has 1 unspecified atom stereocenters. The Balaban J connectivity index is 1.73. The number of rotatable bonds is 12. The highest BCUT2D eigenvalue weighted by Gasteiger charge is 2.25. The molecule has 14 heteroatoms. The second-order valence-corrected chi connectivity index (χ2v) is 12.7. The van der Waals surface area contributed by atoms with Crippen LogP contribution in [0.2, 0.25) is 10.0 Å². The van der Waals surface area contributed by atoms with E-state index in [2.05, 4.69) is 10.3 Å². The Labute approximate surface area is 260 Å². The average molecular weight is 649 g/mol. The zero-order valence-corrected chi connectivity index (χ0v) is 26.8. The summed E-state index contributed by atoms with van der Waals surface area (Å²) in [5.74, 6) is 0.206. The number of nitrogens with two attached hydrogens (primary N) is 1. The van der Waals surface area contributed by atoms with Gasteiger partial charge in [-0.2, -0.15) is 5.10 Å². The number of sulfonamides is 1. The van der Waals surface area contributed by atoms with Crippen LogP contribution in [0.15, 0.2) is 46.1 Å². The number of amides is 1. The van der Waals surface area contributed by atoms with Gasteiger partial charge in [0.2, 0.25) is 15.9 Å². The molecular formula is C29H35Cl2N7O4S. The van der Waals surface area contributed by atoms with E-state index in [1.165, 1.54) is 16.8 Å². The third kappa shape index (κ3) is 7.44. The van der Waals surface area contributed by atoms with E-state index < -0.39 is 10.0 Å². The molecule has 43 heavy (non-hydrogen) atoms. The van der Waals surface area contributed by atoms with E-state index in [0.29, 0.717) is 29.1 Å². The molecule has 0 aliphatic carbocycles. The number of aromatic amines is 1. The third-order valence-electron chi connectivity index (χ3n) is 7.20. The SMILES string of the molecule is CCCC(C)c1nn(-c2c(Cl)cc(S(N)(=O)=O)cc2Cl)c2nc(Cc3ccc(NC(=O)CN(CC)CC)cc3)[nH]c(=O)c12. The highest BCUT2D eigenvalue weighted by molar-refractivity contribution is 7.89. The molecule has 0 radical (unpaired) electrons. The van der Waals surface area contributed by atoms with Crippen molar-refractivity contribution >= 4 is 55.9 Å². The summed E-state index contributed by atoms with van der Waals surface area (Å²) >= 11 is 13.0. The van der Waals surface area contributed by atoms with E-state index in [9.17, 15) is 18.0 Å². The Bertz CT molecular complexity index is 1780. The highest BCUT2D eigenvalue weighted by Crippen LogP contribution is 2.35. The molecule has 0 spiro atoms. The molecule has 2 heterocycles. The zero-order chi connectivity index (χ0) is 31.5. The maximum Gasteiger partial charge on any atom is 0.262 e. The number of carbonyl (C=O) groups excluding carboxylic acids is 1. The van der Waals surface area contributed by atoms with Gasteiger partial charge < -0.3 is 10.3 Å². The number of aromatic nitrogens is 4. The summed E-state index contributed by atoms with van der Waals surface area (Å²) in [5.41, 5.74) is 2.11. The van der Waals surface area contributed by atoms with Gasteiger partial charge in [0.05, 0.1) is 27.2 Å². The molecule has 4 aromatic rings. The van der Waals surface area contributed by atoms with Gasteiger partial charge in [0.25, 0.3) is 5.56 Å². The van der Waals surface area contributed by atoms with E-state index in [-0.39, 0.29) is 50.1 Å². The minimum atomic E-state index is -4.07. The first-order valence-electron chi connectivity index (χ1n) is 14.0. The van der Waals surface area contributed by atoms with Crippen LogP contribution in [0.3, 0.4) is 0 Å². The fourth-order valence-corrected chi connectivity index (χ4v) is 6.25. The Morgan fingerprint density at radius 1 is 1.12 bits per heavy atom. The summed E-state index contributed by atoms with van der Waals surface area (Å²) in [4.78, 5) is 35.3. The fourth-order valence-electron chi connectivity index (χ4n) is 4.91. The van der Waals surface area contributed by atoms with Crippen molar-refractivity contribution in [2.45, 2.75) is 57.8 Å². The zero-order valence-electron chi connectivity index (χ0n) is 24.4. The first-order chi connectivity index (χ1) is 20.4. The summed E-state index contributed by atoms with van der Waals surface area (Å²) in [7, 11) is -4.07. The van der Waals surface area contributed by atoms with Crippen molar-refractivity contribution in [3.05, 3.63) is 73.9 Å². The van der Waals surface area contributed by atoms with E-state index in [4.69, 9.17) is 38.4 Å². The smallest absolute Gasteiger partial charge is 0.262 e. The van der Waals surface area contributed by atoms with E-state index in [0.717, 1.165) is 31.5 Å². The van der Waals surface area contributed by atoms with Gasteiger partial charge >= 0.3 is 0 Å². The molecular weight excluding hydrogens is 613 g/mol. The number of nitrogens with zero attached hydrogens (tertiary/aromatic N) is 4. The van der Waals surface area contributed by atoms with Crippen molar-refractivity contribution in [2.75, 3.05) is 25.0 Å². The molecule has 2 aromatic carbocycles. The lowest BCUT2D eigenvalue weighted by molar-refractivity contribution is -0.117. The highest BCUT2D eigenvalue weighted by atomic mass is 35.5. The quantitative estimate of drug-likeness (QED) is 0.199. The second-order valence-electron chi connectivity index (χ2n) is 10.4. The lowest BCUT2D eigenvalue weighted by Gasteiger charge is -2.17. The number of nitrogens with one attached hydrogen (secondary N) is 2. The molecule has 2 aromatic heterocycles. The molecule has 0 saturated heterocycles. The Morgan fingerprint density at radius 2 is 1.74 bits per heavy atom. The van der Waals surface area contributed by atoms with Gasteiger partial charge in [-0.05, 0) is 49.3 Å². The maximum atomic E-state index is 13.5. The normalized spacial score (nSPS) is 12.7. The maximum absolute atomic E-state index is 13.5. The van der Waals surface area contributed by atoms with Crippen molar-refractivity contribution < 1.29 is 13.2 Å². The third-order valence-corrected chi connectivity index (χ3v) is 8.67. The molecule has 1 amide bonds. The lowest BCUT2D eigenvalue weighted by atomic mass is 10.0. The number of anilines is 1. The topological polar surface area (TPSA) is 156 Å². The first-order valence-corrected chi connectivity index (χ1v) is 16.3. The van der Waals surface area contributed by atoms with Crippen molar-refractivity contribution in [1.29, 1.82) is 0 Å². The van der Waals surface area contributed by atoms with Gasteiger partial charge in [-0.1, -0.05) is 69.5 Å². The van der Waals surface area contributed by atoms with Crippen LogP contribution in [0.25, 0.3) is 16.7 Å². The molecule has 0 bridgehead atoms. The van der Waals surface area contributed by atoms with Gasteiger partial charge in [-0.15, -0.1) is 0 Å². The molecule has 0 saturated carbocycles. The summed E-state index contributed by atoms with van der Waals surface area (Å²) in [5, 5.41) is 13.2. The minimum absolute atomic E-state index is 0.0159.